The van der Waals surface area contributed by atoms with Gasteiger partial charge in [0.15, 0.2) is 0 Å². The summed E-state index contributed by atoms with van der Waals surface area (Å²) >= 11 is 3.51. The molecule has 1 aromatic heterocycles. The molecule has 1 heterocycles. The largest absolute Gasteiger partial charge is 0.316 e. The number of nitrogens with one attached hydrogen (secondary N) is 1. The lowest BCUT2D eigenvalue weighted by Gasteiger charge is -2.37. The zero-order valence-electron chi connectivity index (χ0n) is 11.4. The second-order valence-electron chi connectivity index (χ2n) is 5.48. The summed E-state index contributed by atoms with van der Waals surface area (Å²) in [5.41, 5.74) is 1.82. The van der Waals surface area contributed by atoms with Crippen molar-refractivity contribution in [1.82, 2.24) is 10.3 Å². The smallest absolute Gasteiger partial charge is 0.0410 e. The average Bonchev–Trinajstić information content (AvgIpc) is 2.86. The van der Waals surface area contributed by atoms with Crippen LogP contribution in [-0.4, -0.2) is 18.1 Å². The fraction of sp³-hybridized carbons (Fsp3) is 0.667. The van der Waals surface area contributed by atoms with E-state index in [0.29, 0.717) is 11.5 Å². The maximum atomic E-state index is 4.27. The Labute approximate surface area is 119 Å². The van der Waals surface area contributed by atoms with E-state index in [9.17, 15) is 0 Å². The van der Waals surface area contributed by atoms with Crippen LogP contribution in [0.3, 0.4) is 0 Å². The van der Waals surface area contributed by atoms with Crippen molar-refractivity contribution >= 4 is 15.9 Å². The van der Waals surface area contributed by atoms with Crippen molar-refractivity contribution in [2.45, 2.75) is 51.5 Å². The molecule has 1 aromatic rings. The molecule has 0 aliphatic heterocycles. The summed E-state index contributed by atoms with van der Waals surface area (Å²) in [6.45, 7) is 2.34. The average molecular weight is 311 g/mol. The molecule has 1 N–H and O–H groups in total. The van der Waals surface area contributed by atoms with E-state index in [-0.39, 0.29) is 0 Å². The fourth-order valence-electron chi connectivity index (χ4n) is 3.46. The summed E-state index contributed by atoms with van der Waals surface area (Å²) < 4.78 is 1.08. The molecule has 1 aliphatic carbocycles. The van der Waals surface area contributed by atoms with Gasteiger partial charge in [-0.2, -0.15) is 0 Å². The zero-order chi connectivity index (χ0) is 13.0. The zero-order valence-corrected chi connectivity index (χ0v) is 13.0. The van der Waals surface area contributed by atoms with Gasteiger partial charge in [-0.05, 0) is 65.7 Å². The fourth-order valence-corrected chi connectivity index (χ4v) is 3.87. The van der Waals surface area contributed by atoms with Gasteiger partial charge in [0.05, 0.1) is 0 Å². The van der Waals surface area contributed by atoms with Crippen LogP contribution in [-0.2, 0) is 6.42 Å². The van der Waals surface area contributed by atoms with Crippen molar-refractivity contribution in [3.05, 3.63) is 28.5 Å². The Morgan fingerprint density at radius 3 is 2.67 bits per heavy atom. The molecule has 1 saturated carbocycles. The van der Waals surface area contributed by atoms with Gasteiger partial charge in [0.25, 0.3) is 0 Å². The Morgan fingerprint density at radius 1 is 1.39 bits per heavy atom. The van der Waals surface area contributed by atoms with E-state index < -0.39 is 0 Å². The first-order valence-corrected chi connectivity index (χ1v) is 7.76. The Bertz CT molecular complexity index is 386. The van der Waals surface area contributed by atoms with Crippen molar-refractivity contribution in [2.75, 3.05) is 7.05 Å². The third-order valence-corrected chi connectivity index (χ3v) is 5.03. The van der Waals surface area contributed by atoms with Crippen LogP contribution >= 0.6 is 15.9 Å². The van der Waals surface area contributed by atoms with Crippen LogP contribution in [0.15, 0.2) is 22.9 Å². The third-order valence-electron chi connectivity index (χ3n) is 4.59. The highest BCUT2D eigenvalue weighted by molar-refractivity contribution is 9.10. The summed E-state index contributed by atoms with van der Waals surface area (Å²) in [4.78, 5) is 4.27. The van der Waals surface area contributed by atoms with E-state index in [1.807, 2.05) is 12.4 Å². The van der Waals surface area contributed by atoms with Gasteiger partial charge in [-0.3, -0.25) is 4.98 Å². The number of hydrogen-bond acceptors (Lipinski definition) is 2. The van der Waals surface area contributed by atoms with Gasteiger partial charge in [0, 0.05) is 22.9 Å². The number of halogens is 1. The summed E-state index contributed by atoms with van der Waals surface area (Å²) in [7, 11) is 2.10. The van der Waals surface area contributed by atoms with Crippen LogP contribution in [0.25, 0.3) is 0 Å². The molecule has 1 aliphatic rings. The molecule has 2 nitrogen and oxygen atoms in total. The summed E-state index contributed by atoms with van der Waals surface area (Å²) in [6, 6.07) is 2.76. The van der Waals surface area contributed by atoms with Crippen molar-refractivity contribution in [2.24, 2.45) is 5.41 Å². The van der Waals surface area contributed by atoms with Crippen LogP contribution < -0.4 is 5.32 Å². The molecule has 0 amide bonds. The molecule has 0 saturated heterocycles. The summed E-state index contributed by atoms with van der Waals surface area (Å²) in [6.07, 6.45) is 11.7. The van der Waals surface area contributed by atoms with Crippen molar-refractivity contribution in [3.63, 3.8) is 0 Å². The SMILES string of the molecule is CCC1(C(Cc2cncc(Br)c2)NC)CCCC1. The quantitative estimate of drug-likeness (QED) is 0.891. The molecule has 0 radical (unpaired) electrons. The highest BCUT2D eigenvalue weighted by atomic mass is 79.9. The Kier molecular flexibility index (Phi) is 4.79. The molecule has 0 spiro atoms. The van der Waals surface area contributed by atoms with Crippen molar-refractivity contribution in [3.8, 4) is 0 Å². The minimum atomic E-state index is 0.497. The first-order valence-electron chi connectivity index (χ1n) is 6.97. The van der Waals surface area contributed by atoms with Crippen LogP contribution in [0, 0.1) is 5.41 Å². The molecule has 1 atom stereocenters. The first kappa shape index (κ1) is 14.0. The normalized spacial score (nSPS) is 19.9. The van der Waals surface area contributed by atoms with Gasteiger partial charge < -0.3 is 5.32 Å². The number of rotatable bonds is 5. The van der Waals surface area contributed by atoms with E-state index in [0.717, 1.165) is 10.9 Å². The van der Waals surface area contributed by atoms with Crippen molar-refractivity contribution in [1.29, 1.82) is 0 Å². The van der Waals surface area contributed by atoms with E-state index in [4.69, 9.17) is 0 Å². The topological polar surface area (TPSA) is 24.9 Å². The molecule has 1 unspecified atom stereocenters. The third kappa shape index (κ3) is 2.94. The lowest BCUT2D eigenvalue weighted by atomic mass is 9.74. The summed E-state index contributed by atoms with van der Waals surface area (Å²) in [5, 5.41) is 3.56. The van der Waals surface area contributed by atoms with Gasteiger partial charge in [-0.15, -0.1) is 0 Å². The predicted molar refractivity (Wildman–Crippen MR) is 79.7 cm³/mol. The molecule has 100 valence electrons. The Hall–Kier alpha value is -0.410. The number of likely N-dealkylation sites (N-methyl/N-ethyl adjacent to an activating group) is 1. The highest BCUT2D eigenvalue weighted by Crippen LogP contribution is 2.44. The maximum absolute atomic E-state index is 4.27. The molecule has 2 rings (SSSR count). The molecular formula is C15H23BrN2. The molecule has 0 aromatic carbocycles. The van der Waals surface area contributed by atoms with E-state index in [1.165, 1.54) is 37.7 Å². The number of pyridine rings is 1. The van der Waals surface area contributed by atoms with E-state index in [2.05, 4.69) is 46.3 Å². The number of hydrogen-bond donors (Lipinski definition) is 1. The standard InChI is InChI=1S/C15H23BrN2/c1-3-15(6-4-5-7-15)14(17-2)9-12-8-13(16)11-18-10-12/h8,10-11,14,17H,3-7,9H2,1-2H3. The minimum absolute atomic E-state index is 0.497. The molecule has 3 heteroatoms. The Morgan fingerprint density at radius 2 is 2.11 bits per heavy atom. The van der Waals surface area contributed by atoms with Crippen LogP contribution in [0.2, 0.25) is 0 Å². The first-order chi connectivity index (χ1) is 8.70. The monoisotopic (exact) mass is 310 g/mol. The second kappa shape index (κ2) is 6.16. The predicted octanol–water partition coefficient (Wildman–Crippen LogP) is 3.95. The highest BCUT2D eigenvalue weighted by Gasteiger charge is 2.38. The van der Waals surface area contributed by atoms with Crippen molar-refractivity contribution < 1.29 is 0 Å². The Balaban J connectivity index is 2.13. The number of aromatic nitrogens is 1. The molecule has 0 bridgehead atoms. The van der Waals surface area contributed by atoms with Gasteiger partial charge >= 0.3 is 0 Å². The van der Waals surface area contributed by atoms with E-state index in [1.54, 1.807) is 0 Å². The lowest BCUT2D eigenvalue weighted by molar-refractivity contribution is 0.192. The molecule has 18 heavy (non-hydrogen) atoms. The van der Waals surface area contributed by atoms with Gasteiger partial charge in [0.2, 0.25) is 0 Å². The minimum Gasteiger partial charge on any atom is -0.316 e. The molecule has 1 fully saturated rings. The van der Waals surface area contributed by atoms with Gasteiger partial charge in [-0.1, -0.05) is 19.8 Å². The van der Waals surface area contributed by atoms with Gasteiger partial charge in [-0.25, -0.2) is 0 Å². The van der Waals surface area contributed by atoms with Crippen LogP contribution in [0.5, 0.6) is 0 Å². The number of nitrogens with zero attached hydrogens (tertiary/aromatic N) is 1. The maximum Gasteiger partial charge on any atom is 0.0410 e. The molecular weight excluding hydrogens is 288 g/mol. The van der Waals surface area contributed by atoms with E-state index >= 15 is 0 Å². The lowest BCUT2D eigenvalue weighted by Crippen LogP contribution is -2.43. The second-order valence-corrected chi connectivity index (χ2v) is 6.40. The van der Waals surface area contributed by atoms with Crippen LogP contribution in [0.4, 0.5) is 0 Å². The summed E-state index contributed by atoms with van der Waals surface area (Å²) in [5.74, 6) is 0. The van der Waals surface area contributed by atoms with Gasteiger partial charge in [0.1, 0.15) is 0 Å². The van der Waals surface area contributed by atoms with Crippen LogP contribution in [0.1, 0.15) is 44.6 Å².